The number of para-hydroxylation sites is 5. The molecule has 9 heteroatoms. The summed E-state index contributed by atoms with van der Waals surface area (Å²) in [6.45, 7) is 1.77. The second-order valence-corrected chi connectivity index (χ2v) is 7.83. The summed E-state index contributed by atoms with van der Waals surface area (Å²) in [4.78, 5) is 29.9. The quantitative estimate of drug-likeness (QED) is 0.328. The molecule has 0 saturated heterocycles. The lowest BCUT2D eigenvalue weighted by Gasteiger charge is -2.30. The number of benzene rings is 3. The van der Waals surface area contributed by atoms with Gasteiger partial charge < -0.3 is 15.4 Å². The van der Waals surface area contributed by atoms with Gasteiger partial charge >= 0.3 is 0 Å². The first-order valence-corrected chi connectivity index (χ1v) is 10.6. The number of hydrogen-bond donors (Lipinski definition) is 2. The summed E-state index contributed by atoms with van der Waals surface area (Å²) < 4.78 is 7.21. The van der Waals surface area contributed by atoms with E-state index >= 15 is 0 Å². The number of imidazole rings is 1. The van der Waals surface area contributed by atoms with Crippen LogP contribution in [0.4, 0.5) is 17.3 Å². The fraction of sp³-hybridized carbons (Fsp3) is 0.120. The highest BCUT2D eigenvalue weighted by Gasteiger charge is 2.37. The van der Waals surface area contributed by atoms with Crippen LogP contribution in [0, 0.1) is 10.1 Å². The molecule has 1 atom stereocenters. The molecule has 1 aliphatic heterocycles. The summed E-state index contributed by atoms with van der Waals surface area (Å²) in [5.74, 6) is 0.616. The highest BCUT2D eigenvalue weighted by molar-refractivity contribution is 6.07. The van der Waals surface area contributed by atoms with Crippen molar-refractivity contribution in [1.29, 1.82) is 0 Å². The van der Waals surface area contributed by atoms with E-state index in [4.69, 9.17) is 4.74 Å². The lowest BCUT2D eigenvalue weighted by atomic mass is 9.93. The zero-order chi connectivity index (χ0) is 23.8. The van der Waals surface area contributed by atoms with Crippen molar-refractivity contribution in [3.63, 3.8) is 0 Å². The predicted molar refractivity (Wildman–Crippen MR) is 129 cm³/mol. The average molecular weight is 455 g/mol. The number of carbonyl (C=O) groups is 1. The molecule has 1 aliphatic rings. The van der Waals surface area contributed by atoms with Crippen molar-refractivity contribution in [3.8, 4) is 5.75 Å². The van der Waals surface area contributed by atoms with Crippen molar-refractivity contribution < 1.29 is 14.5 Å². The van der Waals surface area contributed by atoms with Crippen molar-refractivity contribution >= 4 is 34.3 Å². The number of aromatic nitrogens is 2. The van der Waals surface area contributed by atoms with Crippen LogP contribution in [-0.4, -0.2) is 27.5 Å². The molecule has 9 nitrogen and oxygen atoms in total. The number of methoxy groups -OCH3 is 1. The van der Waals surface area contributed by atoms with Gasteiger partial charge in [0.05, 0.1) is 39.9 Å². The fourth-order valence-corrected chi connectivity index (χ4v) is 4.37. The average Bonchev–Trinajstić information content (AvgIpc) is 3.21. The van der Waals surface area contributed by atoms with E-state index in [0.717, 1.165) is 5.52 Å². The summed E-state index contributed by atoms with van der Waals surface area (Å²) >= 11 is 0. The summed E-state index contributed by atoms with van der Waals surface area (Å²) in [6.07, 6.45) is 0. The Labute approximate surface area is 194 Å². The van der Waals surface area contributed by atoms with Crippen LogP contribution in [0.15, 0.2) is 84.1 Å². The maximum Gasteiger partial charge on any atom is 0.275 e. The Morgan fingerprint density at radius 1 is 1.09 bits per heavy atom. The number of hydrogen-bond acceptors (Lipinski definition) is 6. The zero-order valence-corrected chi connectivity index (χ0v) is 18.5. The van der Waals surface area contributed by atoms with Crippen LogP contribution in [-0.2, 0) is 4.79 Å². The van der Waals surface area contributed by atoms with E-state index in [0.29, 0.717) is 39.7 Å². The predicted octanol–water partition coefficient (Wildman–Crippen LogP) is 4.88. The largest absolute Gasteiger partial charge is 0.495 e. The molecule has 1 amide bonds. The molecule has 1 aromatic heterocycles. The summed E-state index contributed by atoms with van der Waals surface area (Å²) in [6, 6.07) is 20.3. The van der Waals surface area contributed by atoms with Gasteiger partial charge in [-0.15, -0.1) is 0 Å². The standard InChI is InChI=1S/C25H21N5O4/c1-15-22(24(31)27-18-11-5-8-14-21(18)34-2)23(16-9-3-6-12-19(16)30(32)33)29-20-13-7-4-10-17(20)28-25(29)26-15/h3-14,23H,1-2H3,(H,26,28)(H,27,31)/t23-/m0/s1. The SMILES string of the molecule is COc1ccccc1NC(=O)C1=C(C)Nc2nc3ccccc3n2[C@H]1c1ccccc1[N+](=O)[O-]. The molecule has 0 bridgehead atoms. The Hall–Kier alpha value is -4.66. The lowest BCUT2D eigenvalue weighted by molar-refractivity contribution is -0.385. The zero-order valence-electron chi connectivity index (χ0n) is 18.5. The Balaban J connectivity index is 1.71. The van der Waals surface area contributed by atoms with E-state index in [1.54, 1.807) is 49.4 Å². The molecular weight excluding hydrogens is 434 g/mol. The first-order chi connectivity index (χ1) is 16.5. The molecule has 2 N–H and O–H groups in total. The minimum Gasteiger partial charge on any atom is -0.495 e. The monoisotopic (exact) mass is 455 g/mol. The lowest BCUT2D eigenvalue weighted by Crippen LogP contribution is -2.31. The van der Waals surface area contributed by atoms with E-state index in [1.807, 2.05) is 28.8 Å². The van der Waals surface area contributed by atoms with Gasteiger partial charge in [-0.2, -0.15) is 0 Å². The molecule has 4 aromatic rings. The van der Waals surface area contributed by atoms with Gasteiger partial charge in [0.1, 0.15) is 11.8 Å². The van der Waals surface area contributed by atoms with Crippen molar-refractivity contribution in [1.82, 2.24) is 9.55 Å². The first kappa shape index (κ1) is 21.2. The van der Waals surface area contributed by atoms with Gasteiger partial charge in [0, 0.05) is 11.8 Å². The van der Waals surface area contributed by atoms with Crippen LogP contribution in [0.25, 0.3) is 11.0 Å². The normalized spacial score (nSPS) is 14.9. The van der Waals surface area contributed by atoms with Crippen molar-refractivity contribution in [3.05, 3.63) is 99.7 Å². The van der Waals surface area contributed by atoms with Crippen LogP contribution < -0.4 is 15.4 Å². The number of nitrogens with one attached hydrogen (secondary N) is 2. The third kappa shape index (κ3) is 3.43. The van der Waals surface area contributed by atoms with Crippen LogP contribution in [0.5, 0.6) is 5.75 Å². The summed E-state index contributed by atoms with van der Waals surface area (Å²) in [5, 5.41) is 18.1. The number of fused-ring (bicyclic) bond motifs is 3. The number of rotatable bonds is 5. The Morgan fingerprint density at radius 3 is 2.59 bits per heavy atom. The molecule has 0 spiro atoms. The topological polar surface area (TPSA) is 111 Å². The second-order valence-electron chi connectivity index (χ2n) is 7.83. The van der Waals surface area contributed by atoms with Crippen LogP contribution in [0.3, 0.4) is 0 Å². The molecule has 0 fully saturated rings. The molecule has 34 heavy (non-hydrogen) atoms. The number of nitrogens with zero attached hydrogens (tertiary/aromatic N) is 3. The van der Waals surface area contributed by atoms with Crippen LogP contribution in [0.2, 0.25) is 0 Å². The van der Waals surface area contributed by atoms with Gasteiger partial charge in [0.2, 0.25) is 5.95 Å². The van der Waals surface area contributed by atoms with E-state index in [9.17, 15) is 14.9 Å². The van der Waals surface area contributed by atoms with Crippen LogP contribution in [0.1, 0.15) is 18.5 Å². The van der Waals surface area contributed by atoms with Crippen molar-refractivity contribution in [2.75, 3.05) is 17.7 Å². The van der Waals surface area contributed by atoms with E-state index in [1.165, 1.54) is 13.2 Å². The summed E-state index contributed by atoms with van der Waals surface area (Å²) in [7, 11) is 1.53. The van der Waals surface area contributed by atoms with Gasteiger partial charge in [0.25, 0.3) is 11.6 Å². The minimum absolute atomic E-state index is 0.0754. The molecule has 170 valence electrons. The summed E-state index contributed by atoms with van der Waals surface area (Å²) in [5.41, 5.74) is 3.18. The third-order valence-corrected chi connectivity index (χ3v) is 5.86. The van der Waals surface area contributed by atoms with Gasteiger partial charge in [-0.25, -0.2) is 4.98 Å². The van der Waals surface area contributed by atoms with E-state index < -0.39 is 16.9 Å². The number of carbonyl (C=O) groups excluding carboxylic acids is 1. The highest BCUT2D eigenvalue weighted by atomic mass is 16.6. The molecule has 0 unspecified atom stereocenters. The highest BCUT2D eigenvalue weighted by Crippen LogP contribution is 2.42. The number of anilines is 2. The first-order valence-electron chi connectivity index (χ1n) is 10.6. The smallest absolute Gasteiger partial charge is 0.275 e. The van der Waals surface area contributed by atoms with Crippen LogP contribution >= 0.6 is 0 Å². The maximum absolute atomic E-state index is 13.7. The molecule has 0 radical (unpaired) electrons. The van der Waals surface area contributed by atoms with E-state index in [2.05, 4.69) is 15.6 Å². The number of nitro groups is 1. The van der Waals surface area contributed by atoms with Crippen molar-refractivity contribution in [2.24, 2.45) is 0 Å². The molecule has 0 saturated carbocycles. The fourth-order valence-electron chi connectivity index (χ4n) is 4.37. The van der Waals surface area contributed by atoms with Gasteiger partial charge in [-0.1, -0.05) is 36.4 Å². The van der Waals surface area contributed by atoms with Gasteiger partial charge in [0.15, 0.2) is 0 Å². The Bertz CT molecular complexity index is 1470. The second kappa shape index (κ2) is 8.36. The Kier molecular flexibility index (Phi) is 5.21. The number of nitro benzene ring substituents is 1. The number of ether oxygens (including phenoxy) is 1. The molecule has 5 rings (SSSR count). The molecule has 3 aromatic carbocycles. The number of amides is 1. The van der Waals surface area contributed by atoms with Gasteiger partial charge in [-0.3, -0.25) is 19.5 Å². The maximum atomic E-state index is 13.7. The molecule has 2 heterocycles. The van der Waals surface area contributed by atoms with Crippen molar-refractivity contribution in [2.45, 2.75) is 13.0 Å². The van der Waals surface area contributed by atoms with Gasteiger partial charge in [-0.05, 0) is 37.3 Å². The molecular formula is C25H21N5O4. The van der Waals surface area contributed by atoms with E-state index in [-0.39, 0.29) is 5.69 Å². The number of allylic oxidation sites excluding steroid dienone is 1. The Morgan fingerprint density at radius 2 is 1.79 bits per heavy atom. The third-order valence-electron chi connectivity index (χ3n) is 5.86. The minimum atomic E-state index is -0.778. The molecule has 0 aliphatic carbocycles.